The van der Waals surface area contributed by atoms with E-state index in [0.717, 1.165) is 0 Å². The Hall–Kier alpha value is 2.12. The molecule has 0 saturated carbocycles. The van der Waals surface area contributed by atoms with Gasteiger partial charge in [-0.2, -0.15) is 0 Å². The number of hydrogen-bond donors (Lipinski definition) is 0. The summed E-state index contributed by atoms with van der Waals surface area (Å²) in [5.74, 6) is 0. The minimum atomic E-state index is -0.958. The molecule has 0 aromatic heterocycles. The quantitative estimate of drug-likeness (QED) is 0.420. The van der Waals surface area contributed by atoms with E-state index in [1.54, 1.807) is 11.1 Å². The molecule has 0 unspecified atom stereocenters. The molecule has 0 aliphatic carbocycles. The first-order valence-corrected chi connectivity index (χ1v) is 26.6. The van der Waals surface area contributed by atoms with Crippen molar-refractivity contribution >= 4 is 59.3 Å². The van der Waals surface area contributed by atoms with Gasteiger partial charge in [-0.15, -0.1) is 0 Å². The zero-order valence-electron chi connectivity index (χ0n) is 10.8. The Kier molecular flexibility index (Phi) is 13.4. The number of rotatable bonds is 4. The maximum absolute atomic E-state index is 4.88. The first-order valence-electron chi connectivity index (χ1n) is 5.48. The molecule has 2 radical (unpaired) electrons. The van der Waals surface area contributed by atoms with Crippen molar-refractivity contribution in [2.24, 2.45) is 0 Å². The van der Waals surface area contributed by atoms with E-state index < -0.39 is 56.9 Å². The van der Waals surface area contributed by atoms with Crippen LogP contribution in [0.15, 0.2) is 24.3 Å². The summed E-state index contributed by atoms with van der Waals surface area (Å²) in [6.07, 6.45) is 0. The number of hydrogen-bond acceptors (Lipinski definition) is 0. The molecule has 5 heteroatoms. The standard InChI is InChI=1S/C8H8.4CH3.2ClH.Pt.2Sb.2H/c1-7-5-3-4-6-8(7)2;;;;;;;;;;;/h3-6H,1-2H2;4*1H3;2*1H;;;;;/q;;;;;;;+2;;;;/p-2. The summed E-state index contributed by atoms with van der Waals surface area (Å²) >= 11 is -2.39. The van der Waals surface area contributed by atoms with Gasteiger partial charge in [-0.3, -0.25) is 0 Å². The molecule has 17 heavy (non-hydrogen) atoms. The van der Waals surface area contributed by atoms with Crippen molar-refractivity contribution < 1.29 is 16.5 Å². The fourth-order valence-electron chi connectivity index (χ4n) is 1.66. The van der Waals surface area contributed by atoms with Gasteiger partial charge in [0.25, 0.3) is 0 Å². The van der Waals surface area contributed by atoms with Gasteiger partial charge < -0.3 is 0 Å². The third-order valence-electron chi connectivity index (χ3n) is 2.21. The van der Waals surface area contributed by atoms with Gasteiger partial charge in [0.05, 0.1) is 0 Å². The van der Waals surface area contributed by atoms with Crippen molar-refractivity contribution in [2.75, 3.05) is 0 Å². The Morgan fingerprint density at radius 3 is 1.41 bits per heavy atom. The molecular formula is C12H22Cl2PtSb2. The topological polar surface area (TPSA) is 0 Å². The first kappa shape index (κ1) is 19.1. The van der Waals surface area contributed by atoms with Gasteiger partial charge >= 0.3 is 139 Å². The molecule has 0 nitrogen and oxygen atoms in total. The Morgan fingerprint density at radius 2 is 1.18 bits per heavy atom. The normalized spacial score (nSPS) is 10.6. The van der Waals surface area contributed by atoms with Crippen LogP contribution in [0.4, 0.5) is 0 Å². The van der Waals surface area contributed by atoms with Crippen LogP contribution in [0.3, 0.4) is 0 Å². The van der Waals surface area contributed by atoms with E-state index in [9.17, 15) is 0 Å². The van der Waals surface area contributed by atoms with Gasteiger partial charge in [-0.1, -0.05) is 0 Å². The Morgan fingerprint density at radius 1 is 0.882 bits per heavy atom. The molecule has 0 aliphatic rings. The molecule has 1 aromatic rings. The molecule has 0 fully saturated rings. The average Bonchev–Trinajstić information content (AvgIpc) is 2.20. The van der Waals surface area contributed by atoms with E-state index in [0.29, 0.717) is 0 Å². The molecule has 0 heterocycles. The SMILES string of the molecule is [CH3][SbH]([CH3])[CH2]c1ccccc1[CH2][SbH]([CH3])[CH3].[Cl][Pt][Cl]. The average molecular weight is 676 g/mol. The van der Waals surface area contributed by atoms with Crippen molar-refractivity contribution in [3.8, 4) is 0 Å². The fourth-order valence-corrected chi connectivity index (χ4v) is 7.98. The summed E-state index contributed by atoms with van der Waals surface area (Å²) < 4.78 is 2.88. The molecular weight excluding hydrogens is 654 g/mol. The number of halogens is 2. The molecule has 0 saturated heterocycles. The summed E-state index contributed by atoms with van der Waals surface area (Å²) in [5, 5.41) is 0. The van der Waals surface area contributed by atoms with E-state index in [1.807, 2.05) is 0 Å². The van der Waals surface area contributed by atoms with E-state index >= 15 is 0 Å². The Balaban J connectivity index is 0.000000770. The van der Waals surface area contributed by atoms with Crippen LogP contribution in [0, 0.1) is 0 Å². The molecule has 0 amide bonds. The Bertz CT molecular complexity index is 277. The van der Waals surface area contributed by atoms with Crippen LogP contribution in [-0.2, 0) is 25.2 Å². The van der Waals surface area contributed by atoms with Crippen LogP contribution in [0.2, 0.25) is 19.5 Å². The van der Waals surface area contributed by atoms with Crippen LogP contribution in [0.25, 0.3) is 0 Å². The summed E-state index contributed by atoms with van der Waals surface area (Å²) in [7, 11) is 9.75. The van der Waals surface area contributed by atoms with Crippen LogP contribution in [-0.4, -0.2) is 40.4 Å². The number of benzene rings is 1. The van der Waals surface area contributed by atoms with Gasteiger partial charge in [0.1, 0.15) is 0 Å². The van der Waals surface area contributed by atoms with Crippen molar-refractivity contribution in [3.05, 3.63) is 35.4 Å². The van der Waals surface area contributed by atoms with Gasteiger partial charge in [0, 0.05) is 0 Å². The summed E-state index contributed by atoms with van der Waals surface area (Å²) in [4.78, 5) is 9.99. The molecule has 1 aromatic carbocycles. The Labute approximate surface area is 137 Å². The second-order valence-electron chi connectivity index (χ2n) is 4.58. The molecule has 0 spiro atoms. The zero-order chi connectivity index (χ0) is 13.3. The van der Waals surface area contributed by atoms with E-state index in [4.69, 9.17) is 18.8 Å². The van der Waals surface area contributed by atoms with Crippen molar-refractivity contribution in [2.45, 2.75) is 28.2 Å². The van der Waals surface area contributed by atoms with Gasteiger partial charge in [-0.05, 0) is 0 Å². The van der Waals surface area contributed by atoms with Crippen molar-refractivity contribution in [1.29, 1.82) is 0 Å². The van der Waals surface area contributed by atoms with Crippen molar-refractivity contribution in [1.82, 2.24) is 0 Å². The van der Waals surface area contributed by atoms with Gasteiger partial charge in [0.15, 0.2) is 0 Å². The predicted octanol–water partition coefficient (Wildman–Crippen LogP) is 4.20. The van der Waals surface area contributed by atoms with E-state index in [-0.39, 0.29) is 0 Å². The third-order valence-corrected chi connectivity index (χ3v) is 8.42. The maximum atomic E-state index is 4.88. The van der Waals surface area contributed by atoms with E-state index in [1.165, 1.54) is 8.73 Å². The second kappa shape index (κ2) is 11.9. The van der Waals surface area contributed by atoms with Crippen molar-refractivity contribution in [3.63, 3.8) is 0 Å². The summed E-state index contributed by atoms with van der Waals surface area (Å²) in [6.45, 7) is 0. The van der Waals surface area contributed by atoms with Crippen LogP contribution < -0.4 is 0 Å². The predicted molar refractivity (Wildman–Crippen MR) is 83.3 cm³/mol. The molecule has 0 aliphatic heterocycles. The monoisotopic (exact) mass is 673 g/mol. The fraction of sp³-hybridized carbons (Fsp3) is 0.500. The van der Waals surface area contributed by atoms with Gasteiger partial charge in [-0.25, -0.2) is 0 Å². The molecule has 0 N–H and O–H groups in total. The minimum absolute atomic E-state index is 0.472. The molecule has 0 atom stereocenters. The molecule has 104 valence electrons. The van der Waals surface area contributed by atoms with Crippen LogP contribution >= 0.6 is 18.8 Å². The van der Waals surface area contributed by atoms with E-state index in [2.05, 4.69) is 43.7 Å². The molecule has 0 bridgehead atoms. The van der Waals surface area contributed by atoms with Crippen LogP contribution in [0.1, 0.15) is 11.1 Å². The van der Waals surface area contributed by atoms with Crippen LogP contribution in [0.5, 0.6) is 0 Å². The summed E-state index contributed by atoms with van der Waals surface area (Å²) in [5.41, 5.74) is 3.35. The second-order valence-corrected chi connectivity index (χ2v) is 23.7. The molecule has 1 rings (SSSR count). The van der Waals surface area contributed by atoms with Gasteiger partial charge in [0.2, 0.25) is 0 Å². The summed E-state index contributed by atoms with van der Waals surface area (Å²) in [6, 6.07) is 9.13. The first-order chi connectivity index (χ1) is 8.01. The third kappa shape index (κ3) is 10.6. The zero-order valence-corrected chi connectivity index (χ0v) is 20.3.